The van der Waals surface area contributed by atoms with E-state index in [9.17, 15) is 9.59 Å². The van der Waals surface area contributed by atoms with E-state index in [4.69, 9.17) is 0 Å². The Morgan fingerprint density at radius 1 is 1.41 bits per heavy atom. The maximum absolute atomic E-state index is 12.8. The zero-order valence-electron chi connectivity index (χ0n) is 13.9. The summed E-state index contributed by atoms with van der Waals surface area (Å²) < 4.78 is 1.77. The molecule has 1 atom stereocenters. The zero-order valence-corrected chi connectivity index (χ0v) is 13.9. The third-order valence-corrected chi connectivity index (χ3v) is 3.87. The van der Waals surface area contributed by atoms with Gasteiger partial charge in [0.05, 0.1) is 0 Å². The predicted octanol–water partition coefficient (Wildman–Crippen LogP) is 1.84. The van der Waals surface area contributed by atoms with Gasteiger partial charge in [0.25, 0.3) is 5.91 Å². The van der Waals surface area contributed by atoms with Gasteiger partial charge in [-0.2, -0.15) is 5.10 Å². The number of nitrogens with zero attached hydrogens (tertiary/aromatic N) is 3. The summed E-state index contributed by atoms with van der Waals surface area (Å²) in [6.45, 7) is 9.37. The molecule has 0 bridgehead atoms. The third kappa shape index (κ3) is 3.67. The molecule has 0 aromatic carbocycles. The maximum Gasteiger partial charge on any atom is 0.275 e. The van der Waals surface area contributed by atoms with Gasteiger partial charge in [0, 0.05) is 25.3 Å². The molecule has 122 valence electrons. The van der Waals surface area contributed by atoms with Crippen LogP contribution in [0.25, 0.3) is 0 Å². The number of amides is 2. The number of rotatable bonds is 4. The van der Waals surface area contributed by atoms with Crippen LogP contribution in [0.4, 0.5) is 0 Å². The summed E-state index contributed by atoms with van der Waals surface area (Å²) in [5.74, 6) is 0.141. The van der Waals surface area contributed by atoms with Crippen molar-refractivity contribution in [3.05, 3.63) is 18.0 Å². The van der Waals surface area contributed by atoms with Crippen LogP contribution in [0.3, 0.4) is 0 Å². The summed E-state index contributed by atoms with van der Waals surface area (Å²) in [5, 5.41) is 7.25. The number of carbonyl (C=O) groups is 2. The second kappa shape index (κ2) is 6.94. The van der Waals surface area contributed by atoms with E-state index in [0.29, 0.717) is 31.1 Å². The van der Waals surface area contributed by atoms with E-state index in [2.05, 4.69) is 24.3 Å². The van der Waals surface area contributed by atoms with Gasteiger partial charge in [0.15, 0.2) is 0 Å². The molecule has 0 aliphatic carbocycles. The summed E-state index contributed by atoms with van der Waals surface area (Å²) in [6, 6.07) is 1.54. The molecule has 2 amide bonds. The molecule has 2 rings (SSSR count). The first-order chi connectivity index (χ1) is 10.4. The number of hydrogen-bond acceptors (Lipinski definition) is 3. The van der Waals surface area contributed by atoms with E-state index in [-0.39, 0.29) is 17.9 Å². The van der Waals surface area contributed by atoms with Crippen LogP contribution in [0.1, 0.15) is 57.1 Å². The molecule has 6 heteroatoms. The lowest BCUT2D eigenvalue weighted by molar-refractivity contribution is -0.125. The minimum absolute atomic E-state index is 0.0529. The summed E-state index contributed by atoms with van der Waals surface area (Å²) in [7, 11) is 0. The number of aromatic nitrogens is 2. The molecule has 6 nitrogen and oxygen atoms in total. The normalized spacial score (nSPS) is 19.5. The summed E-state index contributed by atoms with van der Waals surface area (Å²) >= 11 is 0. The Labute approximate surface area is 131 Å². The SMILES string of the molecule is CC(C)CC1C(=O)NCCCN1C(=O)c1ccn(C(C)C)n1. The van der Waals surface area contributed by atoms with E-state index < -0.39 is 6.04 Å². The van der Waals surface area contributed by atoms with Gasteiger partial charge in [-0.1, -0.05) is 13.8 Å². The first-order valence-corrected chi connectivity index (χ1v) is 8.04. The molecule has 2 heterocycles. The Bertz CT molecular complexity index is 536. The average Bonchev–Trinajstić information content (AvgIpc) is 2.87. The lowest BCUT2D eigenvalue weighted by Gasteiger charge is -2.29. The van der Waals surface area contributed by atoms with Crippen LogP contribution in [-0.2, 0) is 4.79 Å². The van der Waals surface area contributed by atoms with Gasteiger partial charge < -0.3 is 10.2 Å². The van der Waals surface area contributed by atoms with E-state index in [0.717, 1.165) is 6.42 Å². The maximum atomic E-state index is 12.8. The first kappa shape index (κ1) is 16.5. The Hall–Kier alpha value is -1.85. The summed E-state index contributed by atoms with van der Waals surface area (Å²) in [4.78, 5) is 26.8. The van der Waals surface area contributed by atoms with Crippen LogP contribution < -0.4 is 5.32 Å². The molecule has 1 unspecified atom stereocenters. The number of carbonyl (C=O) groups excluding carboxylic acids is 2. The van der Waals surface area contributed by atoms with Crippen LogP contribution in [-0.4, -0.2) is 45.6 Å². The molecule has 0 radical (unpaired) electrons. The summed E-state index contributed by atoms with van der Waals surface area (Å²) in [5.41, 5.74) is 0.414. The molecule has 1 aliphatic heterocycles. The molecule has 22 heavy (non-hydrogen) atoms. The van der Waals surface area contributed by atoms with Crippen LogP contribution in [0.2, 0.25) is 0 Å². The van der Waals surface area contributed by atoms with Crippen molar-refractivity contribution in [2.24, 2.45) is 5.92 Å². The molecule has 0 spiro atoms. The van der Waals surface area contributed by atoms with Crippen molar-refractivity contribution in [3.8, 4) is 0 Å². The topological polar surface area (TPSA) is 67.2 Å². The standard InChI is InChI=1S/C16H26N4O2/c1-11(2)10-14-15(21)17-7-5-8-19(14)16(22)13-6-9-20(18-13)12(3)4/h6,9,11-12,14H,5,7-8,10H2,1-4H3,(H,17,21). The zero-order chi connectivity index (χ0) is 16.3. The number of nitrogens with one attached hydrogen (secondary N) is 1. The molecule has 0 saturated carbocycles. The van der Waals surface area contributed by atoms with Crippen molar-refractivity contribution in [1.29, 1.82) is 0 Å². The second-order valence-electron chi connectivity index (χ2n) is 6.56. The van der Waals surface area contributed by atoms with Crippen LogP contribution in [0.15, 0.2) is 12.3 Å². The molecule has 1 aromatic heterocycles. The Morgan fingerprint density at radius 2 is 2.14 bits per heavy atom. The van der Waals surface area contributed by atoms with E-state index >= 15 is 0 Å². The van der Waals surface area contributed by atoms with Crippen molar-refractivity contribution in [2.75, 3.05) is 13.1 Å². The van der Waals surface area contributed by atoms with Crippen molar-refractivity contribution in [1.82, 2.24) is 20.0 Å². The number of hydrogen-bond donors (Lipinski definition) is 1. The van der Waals surface area contributed by atoms with Gasteiger partial charge in [0.1, 0.15) is 11.7 Å². The minimum Gasteiger partial charge on any atom is -0.354 e. The molecular weight excluding hydrogens is 280 g/mol. The van der Waals surface area contributed by atoms with Crippen molar-refractivity contribution in [2.45, 2.75) is 52.6 Å². The van der Waals surface area contributed by atoms with Gasteiger partial charge in [-0.05, 0) is 38.7 Å². The average molecular weight is 306 g/mol. The van der Waals surface area contributed by atoms with Crippen molar-refractivity contribution in [3.63, 3.8) is 0 Å². The fourth-order valence-corrected chi connectivity index (χ4v) is 2.69. The van der Waals surface area contributed by atoms with Crippen LogP contribution in [0.5, 0.6) is 0 Å². The fourth-order valence-electron chi connectivity index (χ4n) is 2.69. The van der Waals surface area contributed by atoms with Crippen molar-refractivity contribution >= 4 is 11.8 Å². The smallest absolute Gasteiger partial charge is 0.275 e. The predicted molar refractivity (Wildman–Crippen MR) is 84.5 cm³/mol. The van der Waals surface area contributed by atoms with Gasteiger partial charge >= 0.3 is 0 Å². The van der Waals surface area contributed by atoms with Gasteiger partial charge in [0.2, 0.25) is 5.91 Å². The fraction of sp³-hybridized carbons (Fsp3) is 0.688. The monoisotopic (exact) mass is 306 g/mol. The van der Waals surface area contributed by atoms with Gasteiger partial charge in [-0.3, -0.25) is 14.3 Å². The quantitative estimate of drug-likeness (QED) is 0.923. The highest BCUT2D eigenvalue weighted by Crippen LogP contribution is 2.18. The highest BCUT2D eigenvalue weighted by atomic mass is 16.2. The molecule has 1 fully saturated rings. The lowest BCUT2D eigenvalue weighted by atomic mass is 10.0. The van der Waals surface area contributed by atoms with Gasteiger partial charge in [-0.25, -0.2) is 0 Å². The van der Waals surface area contributed by atoms with Crippen LogP contribution >= 0.6 is 0 Å². The second-order valence-corrected chi connectivity index (χ2v) is 6.56. The molecule has 1 aromatic rings. The molecule has 1 saturated heterocycles. The molecule has 1 N–H and O–H groups in total. The molecule has 1 aliphatic rings. The van der Waals surface area contributed by atoms with Crippen LogP contribution in [0, 0.1) is 5.92 Å². The first-order valence-electron chi connectivity index (χ1n) is 8.04. The Balaban J connectivity index is 2.24. The lowest BCUT2D eigenvalue weighted by Crippen LogP contribution is -2.48. The highest BCUT2D eigenvalue weighted by molar-refractivity contribution is 5.96. The van der Waals surface area contributed by atoms with Gasteiger partial charge in [-0.15, -0.1) is 0 Å². The largest absolute Gasteiger partial charge is 0.354 e. The van der Waals surface area contributed by atoms with Crippen molar-refractivity contribution < 1.29 is 9.59 Å². The highest BCUT2D eigenvalue weighted by Gasteiger charge is 2.33. The third-order valence-electron chi connectivity index (χ3n) is 3.87. The van der Waals surface area contributed by atoms with E-state index in [1.807, 2.05) is 20.0 Å². The molecular formula is C16H26N4O2. The summed E-state index contributed by atoms with van der Waals surface area (Å²) in [6.07, 6.45) is 3.26. The Kier molecular flexibility index (Phi) is 5.21. The Morgan fingerprint density at radius 3 is 2.73 bits per heavy atom. The minimum atomic E-state index is -0.404. The van der Waals surface area contributed by atoms with E-state index in [1.165, 1.54) is 0 Å². The van der Waals surface area contributed by atoms with E-state index in [1.54, 1.807) is 15.6 Å².